The number of rotatable bonds is 4. The monoisotopic (exact) mass is 267 g/mol. The van der Waals surface area contributed by atoms with Gasteiger partial charge in [-0.2, -0.15) is 0 Å². The van der Waals surface area contributed by atoms with Crippen LogP contribution in [-0.2, 0) is 9.53 Å². The fraction of sp³-hybridized carbons (Fsp3) is 0.417. The Hall–Kier alpha value is -2.31. The molecule has 7 nitrogen and oxygen atoms in total. The molecular formula is C12H13NO6. The van der Waals surface area contributed by atoms with Crippen molar-refractivity contribution >= 4 is 11.7 Å². The van der Waals surface area contributed by atoms with Crippen LogP contribution in [0.15, 0.2) is 18.2 Å². The van der Waals surface area contributed by atoms with Gasteiger partial charge in [0.25, 0.3) is 11.5 Å². The molecule has 0 bridgehead atoms. The van der Waals surface area contributed by atoms with Gasteiger partial charge >= 0.3 is 5.97 Å². The summed E-state index contributed by atoms with van der Waals surface area (Å²) in [7, 11) is 0. The van der Waals surface area contributed by atoms with E-state index >= 15 is 0 Å². The van der Waals surface area contributed by atoms with Crippen LogP contribution >= 0.6 is 0 Å². The Morgan fingerprint density at radius 1 is 1.42 bits per heavy atom. The molecule has 1 aliphatic heterocycles. The zero-order chi connectivity index (χ0) is 14.0. The molecule has 0 N–H and O–H groups in total. The number of ether oxygens (including phenoxy) is 3. The minimum absolute atomic E-state index is 0.0939. The maximum absolute atomic E-state index is 11.4. The highest BCUT2D eigenvalue weighted by atomic mass is 16.7. The summed E-state index contributed by atoms with van der Waals surface area (Å²) < 4.78 is 15.8. The van der Waals surface area contributed by atoms with Gasteiger partial charge in [0.1, 0.15) is 6.42 Å². The molecule has 0 amide bonds. The number of benzene rings is 1. The highest BCUT2D eigenvalue weighted by Gasteiger charge is 2.40. The summed E-state index contributed by atoms with van der Waals surface area (Å²) in [6.07, 6.45) is -0.0939. The van der Waals surface area contributed by atoms with Crippen LogP contribution in [0.5, 0.6) is 11.5 Å². The third kappa shape index (κ3) is 2.75. The van der Waals surface area contributed by atoms with Gasteiger partial charge in [0, 0.05) is 13.0 Å². The molecule has 1 aliphatic rings. The molecule has 0 spiro atoms. The molecule has 0 fully saturated rings. The molecule has 1 heterocycles. The molecule has 1 aromatic rings. The van der Waals surface area contributed by atoms with Crippen LogP contribution in [0, 0.1) is 10.1 Å². The zero-order valence-electron chi connectivity index (χ0n) is 10.5. The number of esters is 1. The van der Waals surface area contributed by atoms with Crippen molar-refractivity contribution in [1.29, 1.82) is 0 Å². The number of hydrogen-bond donors (Lipinski definition) is 0. The van der Waals surface area contributed by atoms with Gasteiger partial charge in [-0.1, -0.05) is 0 Å². The Balaban J connectivity index is 2.14. The van der Waals surface area contributed by atoms with Crippen LogP contribution in [0.3, 0.4) is 0 Å². The summed E-state index contributed by atoms with van der Waals surface area (Å²) in [6.45, 7) is 3.55. The molecule has 0 saturated carbocycles. The lowest BCUT2D eigenvalue weighted by Gasteiger charge is -2.21. The number of carbonyl (C=O) groups is 1. The number of carbonyl (C=O) groups excluding carboxylic acids is 1. The first-order chi connectivity index (χ1) is 8.93. The molecule has 102 valence electrons. The van der Waals surface area contributed by atoms with Crippen molar-refractivity contribution in [3.63, 3.8) is 0 Å². The number of nitro groups is 1. The Morgan fingerprint density at radius 3 is 2.74 bits per heavy atom. The quantitative estimate of drug-likeness (QED) is 0.471. The van der Waals surface area contributed by atoms with Crippen LogP contribution in [0.25, 0.3) is 0 Å². The van der Waals surface area contributed by atoms with E-state index in [9.17, 15) is 14.9 Å². The minimum atomic E-state index is -1.19. The Labute approximate surface area is 109 Å². The van der Waals surface area contributed by atoms with Crippen molar-refractivity contribution in [2.75, 3.05) is 6.61 Å². The van der Waals surface area contributed by atoms with E-state index in [1.54, 1.807) is 13.8 Å². The molecular weight excluding hydrogens is 254 g/mol. The first-order valence-electron chi connectivity index (χ1n) is 5.75. The fourth-order valence-electron chi connectivity index (χ4n) is 1.81. The van der Waals surface area contributed by atoms with Crippen LogP contribution < -0.4 is 9.47 Å². The SMILES string of the molecule is CCOC(=O)CC1(C)Oc2ccc([N+](=O)[O-])cc2O1. The molecule has 19 heavy (non-hydrogen) atoms. The van der Waals surface area contributed by atoms with E-state index < -0.39 is 16.7 Å². The molecule has 0 aromatic heterocycles. The fourth-order valence-corrected chi connectivity index (χ4v) is 1.81. The van der Waals surface area contributed by atoms with Crippen molar-refractivity contribution < 1.29 is 23.9 Å². The molecule has 1 aromatic carbocycles. The standard InChI is InChI=1S/C12H13NO6/c1-3-17-11(14)7-12(2)18-9-5-4-8(13(15)16)6-10(9)19-12/h4-6H,3,7H2,1-2H3. The van der Waals surface area contributed by atoms with Gasteiger partial charge in [-0.05, 0) is 13.0 Å². The van der Waals surface area contributed by atoms with E-state index in [1.165, 1.54) is 18.2 Å². The number of fused-ring (bicyclic) bond motifs is 1. The van der Waals surface area contributed by atoms with E-state index in [-0.39, 0.29) is 24.5 Å². The van der Waals surface area contributed by atoms with Crippen LogP contribution in [0.2, 0.25) is 0 Å². The topological polar surface area (TPSA) is 87.9 Å². The van der Waals surface area contributed by atoms with Gasteiger partial charge in [0.15, 0.2) is 11.5 Å². The summed E-state index contributed by atoms with van der Waals surface area (Å²) in [5.74, 6) is -1.02. The molecule has 0 radical (unpaired) electrons. The smallest absolute Gasteiger partial charge is 0.313 e. The van der Waals surface area contributed by atoms with Crippen molar-refractivity contribution in [1.82, 2.24) is 0 Å². The third-order valence-corrected chi connectivity index (χ3v) is 2.56. The summed E-state index contributed by atoms with van der Waals surface area (Å²) in [6, 6.07) is 4.04. The second-order valence-corrected chi connectivity index (χ2v) is 4.21. The first-order valence-corrected chi connectivity index (χ1v) is 5.75. The largest absolute Gasteiger partial charge is 0.466 e. The molecule has 0 saturated heterocycles. The number of non-ortho nitro benzene ring substituents is 1. The van der Waals surface area contributed by atoms with Crippen LogP contribution in [0.1, 0.15) is 20.3 Å². The predicted molar refractivity (Wildman–Crippen MR) is 64.0 cm³/mol. The molecule has 1 unspecified atom stereocenters. The average Bonchev–Trinajstić information content (AvgIpc) is 2.63. The lowest BCUT2D eigenvalue weighted by Crippen LogP contribution is -2.37. The lowest BCUT2D eigenvalue weighted by atomic mass is 10.2. The summed E-state index contributed by atoms with van der Waals surface area (Å²) in [4.78, 5) is 21.6. The Morgan fingerprint density at radius 2 is 2.11 bits per heavy atom. The zero-order valence-corrected chi connectivity index (χ0v) is 10.5. The van der Waals surface area contributed by atoms with E-state index in [4.69, 9.17) is 14.2 Å². The molecule has 0 aliphatic carbocycles. The number of nitrogens with zero attached hydrogens (tertiary/aromatic N) is 1. The van der Waals surface area contributed by atoms with Crippen LogP contribution in [-0.4, -0.2) is 23.3 Å². The summed E-state index contributed by atoms with van der Waals surface area (Å²) in [5.41, 5.74) is -0.0947. The van der Waals surface area contributed by atoms with E-state index in [1.807, 2.05) is 0 Å². The predicted octanol–water partition coefficient (Wildman–Crippen LogP) is 2.04. The minimum Gasteiger partial charge on any atom is -0.466 e. The van der Waals surface area contributed by atoms with Gasteiger partial charge < -0.3 is 14.2 Å². The summed E-state index contributed by atoms with van der Waals surface area (Å²) in [5, 5.41) is 10.7. The molecule has 2 rings (SSSR count). The van der Waals surface area contributed by atoms with Gasteiger partial charge in [-0.3, -0.25) is 14.9 Å². The second-order valence-electron chi connectivity index (χ2n) is 4.21. The van der Waals surface area contributed by atoms with E-state index in [0.29, 0.717) is 5.75 Å². The van der Waals surface area contributed by atoms with Gasteiger partial charge in [-0.15, -0.1) is 0 Å². The summed E-state index contributed by atoms with van der Waals surface area (Å²) >= 11 is 0. The third-order valence-electron chi connectivity index (χ3n) is 2.56. The Bertz CT molecular complexity index is 529. The lowest BCUT2D eigenvalue weighted by molar-refractivity contribution is -0.384. The van der Waals surface area contributed by atoms with Gasteiger partial charge in [0.2, 0.25) is 0 Å². The second kappa shape index (κ2) is 4.75. The average molecular weight is 267 g/mol. The highest BCUT2D eigenvalue weighted by Crippen LogP contribution is 2.42. The first kappa shape index (κ1) is 13.1. The maximum Gasteiger partial charge on any atom is 0.313 e. The van der Waals surface area contributed by atoms with Crippen molar-refractivity contribution in [3.8, 4) is 11.5 Å². The van der Waals surface area contributed by atoms with Crippen molar-refractivity contribution in [2.24, 2.45) is 0 Å². The van der Waals surface area contributed by atoms with Crippen molar-refractivity contribution in [2.45, 2.75) is 26.1 Å². The van der Waals surface area contributed by atoms with Gasteiger partial charge in [-0.25, -0.2) is 0 Å². The van der Waals surface area contributed by atoms with Crippen molar-refractivity contribution in [3.05, 3.63) is 28.3 Å². The maximum atomic E-state index is 11.4. The Kier molecular flexibility index (Phi) is 3.28. The van der Waals surface area contributed by atoms with Crippen LogP contribution in [0.4, 0.5) is 5.69 Å². The molecule has 1 atom stereocenters. The number of hydrogen-bond acceptors (Lipinski definition) is 6. The normalized spacial score (nSPS) is 20.1. The molecule has 7 heteroatoms. The number of nitro benzene ring substituents is 1. The van der Waals surface area contributed by atoms with E-state index in [2.05, 4.69) is 0 Å². The van der Waals surface area contributed by atoms with Gasteiger partial charge in [0.05, 0.1) is 17.6 Å². The van der Waals surface area contributed by atoms with E-state index in [0.717, 1.165) is 0 Å². The highest BCUT2D eigenvalue weighted by molar-refractivity contribution is 5.71.